The lowest BCUT2D eigenvalue weighted by molar-refractivity contribution is -0.146. The number of aryl methyl sites for hydroxylation is 2. The molecule has 5 heteroatoms. The maximum Gasteiger partial charge on any atom is 0.311 e. The summed E-state index contributed by atoms with van der Waals surface area (Å²) in [5.41, 5.74) is 3.83. The van der Waals surface area contributed by atoms with Crippen LogP contribution in [-0.4, -0.2) is 41.5 Å². The Morgan fingerprint density at radius 2 is 1.92 bits per heavy atom. The molecule has 5 nitrogen and oxygen atoms in total. The number of carbonyl (C=O) groups is 2. The summed E-state index contributed by atoms with van der Waals surface area (Å²) in [5, 5.41) is 11.8. The van der Waals surface area contributed by atoms with Crippen LogP contribution in [-0.2, 0) is 22.4 Å². The lowest BCUT2D eigenvalue weighted by atomic mass is 9.89. The molecule has 0 bridgehead atoms. The number of nitrogens with zero attached hydrogens (tertiary/aromatic N) is 1. The van der Waals surface area contributed by atoms with Crippen molar-refractivity contribution in [3.8, 4) is 0 Å². The van der Waals surface area contributed by atoms with Gasteiger partial charge in [-0.25, -0.2) is 0 Å². The van der Waals surface area contributed by atoms with E-state index in [1.165, 1.54) is 28.9 Å². The van der Waals surface area contributed by atoms with E-state index >= 15 is 0 Å². The quantitative estimate of drug-likeness (QED) is 0.783. The molecule has 24 heavy (non-hydrogen) atoms. The third kappa shape index (κ3) is 4.35. The molecule has 0 radical (unpaired) electrons. The van der Waals surface area contributed by atoms with Crippen molar-refractivity contribution in [1.82, 2.24) is 10.2 Å². The number of likely N-dealkylation sites (N-methyl/N-ethyl adjacent to an activating group) is 1. The van der Waals surface area contributed by atoms with Gasteiger partial charge in [0, 0.05) is 13.1 Å². The SMILES string of the molecule is CCC(NC(=O)C(=O)N(CC)CCO)c1ccc2c(c1)CCCC2. The van der Waals surface area contributed by atoms with E-state index < -0.39 is 11.8 Å². The Kier molecular flexibility index (Phi) is 6.79. The molecule has 0 saturated carbocycles. The number of aliphatic hydroxyl groups excluding tert-OH is 1. The molecular formula is C19H28N2O3. The number of hydrogen-bond acceptors (Lipinski definition) is 3. The normalized spacial score (nSPS) is 14.6. The summed E-state index contributed by atoms with van der Waals surface area (Å²) in [7, 11) is 0. The maximum atomic E-state index is 12.3. The van der Waals surface area contributed by atoms with Crippen LogP contribution in [0, 0.1) is 0 Å². The Bertz CT molecular complexity index is 586. The van der Waals surface area contributed by atoms with E-state index in [0.29, 0.717) is 6.54 Å². The Hall–Kier alpha value is -1.88. The molecule has 1 atom stereocenters. The van der Waals surface area contributed by atoms with Crippen molar-refractivity contribution in [1.29, 1.82) is 0 Å². The molecule has 0 heterocycles. The van der Waals surface area contributed by atoms with Gasteiger partial charge in [-0.1, -0.05) is 25.1 Å². The number of benzene rings is 1. The first-order valence-corrected chi connectivity index (χ1v) is 8.93. The molecule has 1 aromatic rings. The predicted octanol–water partition coefficient (Wildman–Crippen LogP) is 1.97. The fourth-order valence-corrected chi connectivity index (χ4v) is 3.28. The minimum atomic E-state index is -0.602. The second-order valence-corrected chi connectivity index (χ2v) is 6.28. The Labute approximate surface area is 144 Å². The van der Waals surface area contributed by atoms with Crippen molar-refractivity contribution in [3.05, 3.63) is 34.9 Å². The van der Waals surface area contributed by atoms with E-state index in [0.717, 1.165) is 24.8 Å². The van der Waals surface area contributed by atoms with Crippen LogP contribution in [0.4, 0.5) is 0 Å². The first-order chi connectivity index (χ1) is 11.6. The molecule has 1 aliphatic carbocycles. The summed E-state index contributed by atoms with van der Waals surface area (Å²) in [5.74, 6) is -1.18. The molecular weight excluding hydrogens is 304 g/mol. The van der Waals surface area contributed by atoms with Gasteiger partial charge < -0.3 is 15.3 Å². The van der Waals surface area contributed by atoms with Crippen molar-refractivity contribution in [2.75, 3.05) is 19.7 Å². The molecule has 1 unspecified atom stereocenters. The van der Waals surface area contributed by atoms with Crippen LogP contribution in [0.15, 0.2) is 18.2 Å². The summed E-state index contributed by atoms with van der Waals surface area (Å²) in [6, 6.07) is 6.24. The predicted molar refractivity (Wildman–Crippen MR) is 93.6 cm³/mol. The van der Waals surface area contributed by atoms with E-state index in [2.05, 4.69) is 23.5 Å². The highest BCUT2D eigenvalue weighted by Gasteiger charge is 2.23. The van der Waals surface area contributed by atoms with Gasteiger partial charge in [0.15, 0.2) is 0 Å². The lowest BCUT2D eigenvalue weighted by Gasteiger charge is -2.23. The number of hydrogen-bond donors (Lipinski definition) is 2. The number of nitrogens with one attached hydrogen (secondary N) is 1. The Morgan fingerprint density at radius 1 is 1.21 bits per heavy atom. The zero-order valence-corrected chi connectivity index (χ0v) is 14.7. The highest BCUT2D eigenvalue weighted by atomic mass is 16.3. The average Bonchev–Trinajstić information content (AvgIpc) is 2.62. The molecule has 0 fully saturated rings. The summed E-state index contributed by atoms with van der Waals surface area (Å²) >= 11 is 0. The number of rotatable bonds is 6. The summed E-state index contributed by atoms with van der Waals surface area (Å²) in [4.78, 5) is 25.8. The van der Waals surface area contributed by atoms with E-state index in [1.54, 1.807) is 6.92 Å². The van der Waals surface area contributed by atoms with Crippen LogP contribution in [0.5, 0.6) is 0 Å². The third-order valence-corrected chi connectivity index (χ3v) is 4.72. The Balaban J connectivity index is 2.08. The van der Waals surface area contributed by atoms with Gasteiger partial charge in [0.1, 0.15) is 0 Å². The van der Waals surface area contributed by atoms with E-state index in [9.17, 15) is 9.59 Å². The number of aliphatic hydroxyl groups is 1. The van der Waals surface area contributed by atoms with Gasteiger partial charge in [0.25, 0.3) is 0 Å². The smallest absolute Gasteiger partial charge is 0.311 e. The summed E-state index contributed by atoms with van der Waals surface area (Å²) in [6.45, 7) is 4.23. The molecule has 132 valence electrons. The van der Waals surface area contributed by atoms with Gasteiger partial charge in [0.05, 0.1) is 12.6 Å². The summed E-state index contributed by atoms with van der Waals surface area (Å²) in [6.07, 6.45) is 5.40. The molecule has 2 rings (SSSR count). The molecule has 0 saturated heterocycles. The average molecular weight is 332 g/mol. The molecule has 1 aromatic carbocycles. The minimum Gasteiger partial charge on any atom is -0.395 e. The highest BCUT2D eigenvalue weighted by Crippen LogP contribution is 2.26. The van der Waals surface area contributed by atoms with Crippen LogP contribution < -0.4 is 5.32 Å². The van der Waals surface area contributed by atoms with E-state index in [4.69, 9.17) is 5.11 Å². The van der Waals surface area contributed by atoms with Crippen LogP contribution in [0.1, 0.15) is 55.8 Å². The van der Waals surface area contributed by atoms with Crippen molar-refractivity contribution >= 4 is 11.8 Å². The molecule has 1 aliphatic rings. The monoisotopic (exact) mass is 332 g/mol. The van der Waals surface area contributed by atoms with Crippen molar-refractivity contribution in [2.45, 2.75) is 52.0 Å². The molecule has 0 aliphatic heterocycles. The number of fused-ring (bicyclic) bond motifs is 1. The molecule has 0 aromatic heterocycles. The molecule has 2 N–H and O–H groups in total. The number of carbonyl (C=O) groups excluding carboxylic acids is 2. The van der Waals surface area contributed by atoms with Gasteiger partial charge in [-0.3, -0.25) is 9.59 Å². The van der Waals surface area contributed by atoms with Crippen molar-refractivity contribution in [2.24, 2.45) is 0 Å². The zero-order chi connectivity index (χ0) is 17.5. The molecule has 0 spiro atoms. The molecule has 2 amide bonds. The second kappa shape index (κ2) is 8.83. The summed E-state index contributed by atoms with van der Waals surface area (Å²) < 4.78 is 0. The minimum absolute atomic E-state index is 0.144. The van der Waals surface area contributed by atoms with Gasteiger partial charge in [0.2, 0.25) is 0 Å². The van der Waals surface area contributed by atoms with Crippen molar-refractivity contribution < 1.29 is 14.7 Å². The largest absolute Gasteiger partial charge is 0.395 e. The van der Waals surface area contributed by atoms with Gasteiger partial charge >= 0.3 is 11.8 Å². The lowest BCUT2D eigenvalue weighted by Crippen LogP contribution is -2.45. The van der Waals surface area contributed by atoms with Crippen LogP contribution in [0.25, 0.3) is 0 Å². The fourth-order valence-electron chi connectivity index (χ4n) is 3.28. The van der Waals surface area contributed by atoms with Crippen LogP contribution in [0.2, 0.25) is 0 Å². The van der Waals surface area contributed by atoms with Crippen molar-refractivity contribution in [3.63, 3.8) is 0 Å². The van der Waals surface area contributed by atoms with Crippen LogP contribution in [0.3, 0.4) is 0 Å². The zero-order valence-electron chi connectivity index (χ0n) is 14.7. The van der Waals surface area contributed by atoms with Gasteiger partial charge in [-0.05, 0) is 55.7 Å². The van der Waals surface area contributed by atoms with Crippen LogP contribution >= 0.6 is 0 Å². The Morgan fingerprint density at radius 3 is 2.54 bits per heavy atom. The second-order valence-electron chi connectivity index (χ2n) is 6.28. The van der Waals surface area contributed by atoms with E-state index in [-0.39, 0.29) is 19.2 Å². The standard InChI is InChI=1S/C19H28N2O3/c1-3-17(20-18(23)19(24)21(4-2)11-12-22)16-10-9-14-7-5-6-8-15(14)13-16/h9-10,13,17,22H,3-8,11-12H2,1-2H3,(H,20,23). The number of amides is 2. The van der Waals surface area contributed by atoms with Gasteiger partial charge in [-0.2, -0.15) is 0 Å². The van der Waals surface area contributed by atoms with Gasteiger partial charge in [-0.15, -0.1) is 0 Å². The maximum absolute atomic E-state index is 12.3. The first kappa shape index (κ1) is 18.5. The van der Waals surface area contributed by atoms with E-state index in [1.807, 2.05) is 6.92 Å². The first-order valence-electron chi connectivity index (χ1n) is 8.93. The highest BCUT2D eigenvalue weighted by molar-refractivity contribution is 6.35. The topological polar surface area (TPSA) is 69.6 Å². The fraction of sp³-hybridized carbons (Fsp3) is 0.579. The third-order valence-electron chi connectivity index (χ3n) is 4.72.